The van der Waals surface area contributed by atoms with E-state index in [-0.39, 0.29) is 11.5 Å². The molecule has 17 heavy (non-hydrogen) atoms. The normalized spacial score (nSPS) is 19.2. The van der Waals surface area contributed by atoms with E-state index in [1.54, 1.807) is 7.11 Å². The van der Waals surface area contributed by atoms with Crippen LogP contribution in [0.25, 0.3) is 10.9 Å². The number of nitrogens with one attached hydrogen (secondary N) is 1. The summed E-state index contributed by atoms with van der Waals surface area (Å²) < 4.78 is 5.37. The summed E-state index contributed by atoms with van der Waals surface area (Å²) in [7, 11) is 1.70. The molecule has 1 aromatic carbocycles. The highest BCUT2D eigenvalue weighted by Crippen LogP contribution is 2.52. The topological polar surface area (TPSA) is 51.0 Å². The smallest absolute Gasteiger partial charge is 0.142 e. The van der Waals surface area contributed by atoms with Gasteiger partial charge in [-0.3, -0.25) is 0 Å². The lowest BCUT2D eigenvalue weighted by Gasteiger charge is -2.21. The molecule has 1 unspecified atom stereocenters. The first-order valence-electron chi connectivity index (χ1n) is 6.09. The molecule has 0 aliphatic heterocycles. The lowest BCUT2D eigenvalue weighted by molar-refractivity contribution is 0.418. The zero-order valence-electron chi connectivity index (χ0n) is 10.3. The van der Waals surface area contributed by atoms with Crippen molar-refractivity contribution >= 4 is 10.9 Å². The number of nitrogens with two attached hydrogens (primary N) is 1. The minimum absolute atomic E-state index is 0.187. The predicted molar refractivity (Wildman–Crippen MR) is 69.4 cm³/mol. The van der Waals surface area contributed by atoms with Crippen LogP contribution in [-0.4, -0.2) is 18.1 Å². The number of methoxy groups -OCH3 is 1. The first-order chi connectivity index (χ1) is 8.19. The van der Waals surface area contributed by atoms with Crippen LogP contribution in [0.3, 0.4) is 0 Å². The molecule has 3 N–H and O–H groups in total. The summed E-state index contributed by atoms with van der Waals surface area (Å²) in [6.07, 6.45) is 4.35. The minimum Gasteiger partial charge on any atom is -0.495 e. The minimum atomic E-state index is 0.187. The number of benzene rings is 1. The third-order valence-corrected chi connectivity index (χ3v) is 4.10. The molecular weight excluding hydrogens is 212 g/mol. The Kier molecular flexibility index (Phi) is 2.20. The van der Waals surface area contributed by atoms with Crippen molar-refractivity contribution in [1.82, 2.24) is 4.98 Å². The molecule has 2 aromatic rings. The number of rotatable bonds is 3. The van der Waals surface area contributed by atoms with Gasteiger partial charge in [0.15, 0.2) is 0 Å². The van der Waals surface area contributed by atoms with Crippen LogP contribution < -0.4 is 10.5 Å². The predicted octanol–water partition coefficient (Wildman–Crippen LogP) is 2.56. The lowest BCUT2D eigenvalue weighted by atomic mass is 9.87. The van der Waals surface area contributed by atoms with Crippen molar-refractivity contribution < 1.29 is 4.74 Å². The number of aromatic nitrogens is 1. The Morgan fingerprint density at radius 2 is 2.12 bits per heavy atom. The molecule has 0 bridgehead atoms. The average Bonchev–Trinajstić information content (AvgIpc) is 2.99. The summed E-state index contributed by atoms with van der Waals surface area (Å²) in [5, 5.41) is 1.25. The number of aromatic amines is 1. The summed E-state index contributed by atoms with van der Waals surface area (Å²) in [5.41, 5.74) is 8.79. The number of H-pyrrole nitrogens is 1. The summed E-state index contributed by atoms with van der Waals surface area (Å²) in [5.74, 6) is 0.897. The van der Waals surface area contributed by atoms with Gasteiger partial charge in [-0.05, 0) is 37.5 Å². The number of fused-ring (bicyclic) bond motifs is 1. The molecule has 1 atom stereocenters. The Labute approximate surface area is 101 Å². The number of hydrogen-bond acceptors (Lipinski definition) is 2. The van der Waals surface area contributed by atoms with Crippen LogP contribution in [0.15, 0.2) is 24.4 Å². The van der Waals surface area contributed by atoms with Gasteiger partial charge in [0.05, 0.1) is 12.6 Å². The summed E-state index contributed by atoms with van der Waals surface area (Å²) in [6, 6.07) is 6.53. The van der Waals surface area contributed by atoms with E-state index >= 15 is 0 Å². The summed E-state index contributed by atoms with van der Waals surface area (Å²) in [4.78, 5) is 3.25. The molecule has 3 nitrogen and oxygen atoms in total. The van der Waals surface area contributed by atoms with Gasteiger partial charge in [0, 0.05) is 23.0 Å². The Hall–Kier alpha value is -1.48. The fraction of sp³-hybridized carbons (Fsp3) is 0.429. The first-order valence-corrected chi connectivity index (χ1v) is 6.09. The van der Waals surface area contributed by atoms with Gasteiger partial charge in [0.1, 0.15) is 5.75 Å². The molecule has 1 aliphatic carbocycles. The van der Waals surface area contributed by atoms with Crippen LogP contribution in [0.4, 0.5) is 0 Å². The third kappa shape index (κ3) is 1.39. The zero-order chi connectivity index (χ0) is 12.0. The maximum atomic E-state index is 6.15. The quantitative estimate of drug-likeness (QED) is 0.851. The molecule has 3 rings (SSSR count). The van der Waals surface area contributed by atoms with E-state index in [0.29, 0.717) is 0 Å². The highest BCUT2D eigenvalue weighted by molar-refractivity contribution is 5.89. The second-order valence-electron chi connectivity index (χ2n) is 5.03. The Morgan fingerprint density at radius 1 is 1.35 bits per heavy atom. The van der Waals surface area contributed by atoms with Crippen LogP contribution >= 0.6 is 0 Å². The second kappa shape index (κ2) is 3.50. The fourth-order valence-electron chi connectivity index (χ4n) is 2.84. The van der Waals surface area contributed by atoms with Crippen molar-refractivity contribution in [3.63, 3.8) is 0 Å². The monoisotopic (exact) mass is 230 g/mol. The van der Waals surface area contributed by atoms with E-state index in [0.717, 1.165) is 11.3 Å². The van der Waals surface area contributed by atoms with Gasteiger partial charge in [-0.1, -0.05) is 6.07 Å². The van der Waals surface area contributed by atoms with Gasteiger partial charge < -0.3 is 15.5 Å². The van der Waals surface area contributed by atoms with E-state index in [1.807, 2.05) is 12.3 Å². The van der Waals surface area contributed by atoms with E-state index in [9.17, 15) is 0 Å². The summed E-state index contributed by atoms with van der Waals surface area (Å²) in [6.45, 7) is 2.11. The van der Waals surface area contributed by atoms with Crippen LogP contribution in [0.5, 0.6) is 5.75 Å². The molecule has 1 fully saturated rings. The molecule has 0 spiro atoms. The Bertz CT molecular complexity index is 552. The highest BCUT2D eigenvalue weighted by atomic mass is 16.5. The number of hydrogen-bond donors (Lipinski definition) is 2. The number of ether oxygens (including phenoxy) is 1. The van der Waals surface area contributed by atoms with Crippen LogP contribution in [0.1, 0.15) is 25.3 Å². The highest BCUT2D eigenvalue weighted by Gasteiger charge is 2.48. The van der Waals surface area contributed by atoms with Crippen LogP contribution in [0.2, 0.25) is 0 Å². The van der Waals surface area contributed by atoms with E-state index in [1.165, 1.54) is 23.8 Å². The van der Waals surface area contributed by atoms with Gasteiger partial charge in [-0.15, -0.1) is 0 Å². The molecule has 90 valence electrons. The maximum Gasteiger partial charge on any atom is 0.142 e. The average molecular weight is 230 g/mol. The van der Waals surface area contributed by atoms with E-state index in [2.05, 4.69) is 24.0 Å². The van der Waals surface area contributed by atoms with Gasteiger partial charge in [-0.25, -0.2) is 0 Å². The Balaban J connectivity index is 2.22. The van der Waals surface area contributed by atoms with Gasteiger partial charge in [0.2, 0.25) is 0 Å². The maximum absolute atomic E-state index is 6.15. The SMILES string of the molecule is COc1ccc(C2(C(C)N)CC2)c2cc[nH]c12. The second-order valence-corrected chi connectivity index (χ2v) is 5.03. The zero-order valence-corrected chi connectivity index (χ0v) is 10.3. The molecule has 1 aromatic heterocycles. The lowest BCUT2D eigenvalue weighted by Crippen LogP contribution is -2.31. The van der Waals surface area contributed by atoms with Crippen molar-refractivity contribution in [3.8, 4) is 5.75 Å². The molecule has 1 aliphatic rings. The Morgan fingerprint density at radius 3 is 2.71 bits per heavy atom. The standard InChI is InChI=1S/C14H18N2O/c1-9(15)14(6-7-14)11-3-4-12(17-2)13-10(11)5-8-16-13/h3-5,8-9,16H,6-7,15H2,1-2H3. The first kappa shape index (κ1) is 10.7. The van der Waals surface area contributed by atoms with Crippen molar-refractivity contribution in [2.24, 2.45) is 5.73 Å². The third-order valence-electron chi connectivity index (χ3n) is 4.10. The van der Waals surface area contributed by atoms with Crippen molar-refractivity contribution in [3.05, 3.63) is 30.0 Å². The molecule has 1 saturated carbocycles. The molecule has 3 heteroatoms. The van der Waals surface area contributed by atoms with E-state index < -0.39 is 0 Å². The summed E-state index contributed by atoms with van der Waals surface area (Å²) >= 11 is 0. The van der Waals surface area contributed by atoms with Gasteiger partial charge in [-0.2, -0.15) is 0 Å². The molecule has 0 amide bonds. The van der Waals surface area contributed by atoms with Crippen molar-refractivity contribution in [2.45, 2.75) is 31.2 Å². The molecule has 0 saturated heterocycles. The van der Waals surface area contributed by atoms with E-state index in [4.69, 9.17) is 10.5 Å². The van der Waals surface area contributed by atoms with Gasteiger partial charge in [0.25, 0.3) is 0 Å². The molecule has 1 heterocycles. The van der Waals surface area contributed by atoms with Crippen LogP contribution in [-0.2, 0) is 5.41 Å². The van der Waals surface area contributed by atoms with Crippen LogP contribution in [0, 0.1) is 0 Å². The molecular formula is C14H18N2O. The fourth-order valence-corrected chi connectivity index (χ4v) is 2.84. The molecule has 0 radical (unpaired) electrons. The largest absolute Gasteiger partial charge is 0.495 e. The van der Waals surface area contributed by atoms with Crippen molar-refractivity contribution in [1.29, 1.82) is 0 Å². The van der Waals surface area contributed by atoms with Gasteiger partial charge >= 0.3 is 0 Å². The van der Waals surface area contributed by atoms with Crippen molar-refractivity contribution in [2.75, 3.05) is 7.11 Å².